The Hall–Kier alpha value is -3.98. The summed E-state index contributed by atoms with van der Waals surface area (Å²) in [6.45, 7) is 3.60. The highest BCUT2D eigenvalue weighted by molar-refractivity contribution is 6.33. The molecule has 1 aromatic heterocycles. The molecule has 0 aliphatic carbocycles. The second-order valence-corrected chi connectivity index (χ2v) is 7.90. The van der Waals surface area contributed by atoms with Crippen molar-refractivity contribution in [1.82, 2.24) is 15.3 Å². The van der Waals surface area contributed by atoms with Crippen LogP contribution in [0.3, 0.4) is 0 Å². The number of nitro benzene ring substituents is 1. The van der Waals surface area contributed by atoms with E-state index < -0.39 is 22.8 Å². The second-order valence-electron chi connectivity index (χ2n) is 7.49. The molecular weight excluding hydrogens is 446 g/mol. The summed E-state index contributed by atoms with van der Waals surface area (Å²) in [4.78, 5) is 35.8. The van der Waals surface area contributed by atoms with Crippen molar-refractivity contribution in [3.8, 4) is 5.69 Å². The van der Waals surface area contributed by atoms with E-state index in [0.29, 0.717) is 11.4 Å². The topological polar surface area (TPSA) is 119 Å². The zero-order valence-electron chi connectivity index (χ0n) is 17.9. The van der Waals surface area contributed by atoms with Crippen molar-refractivity contribution in [3.63, 3.8) is 0 Å². The minimum Gasteiger partial charge on any atom is -0.340 e. The number of nitrogens with one attached hydrogen (secondary N) is 2. The van der Waals surface area contributed by atoms with Gasteiger partial charge in [0.15, 0.2) is 0 Å². The third-order valence-electron chi connectivity index (χ3n) is 4.82. The molecule has 2 aromatic carbocycles. The Labute approximate surface area is 195 Å². The fraction of sp³-hybridized carbons (Fsp3) is 0.174. The number of non-ortho nitro benzene ring substituents is 1. The van der Waals surface area contributed by atoms with Crippen LogP contribution in [0.1, 0.15) is 29.9 Å². The van der Waals surface area contributed by atoms with Gasteiger partial charge in [-0.3, -0.25) is 19.7 Å². The fourth-order valence-corrected chi connectivity index (χ4v) is 3.34. The molecule has 0 saturated heterocycles. The Morgan fingerprint density at radius 3 is 2.58 bits per heavy atom. The second kappa shape index (κ2) is 10.6. The molecule has 2 N–H and O–H groups in total. The van der Waals surface area contributed by atoms with Crippen molar-refractivity contribution in [2.24, 2.45) is 11.0 Å². The first kappa shape index (κ1) is 23.7. The van der Waals surface area contributed by atoms with Crippen LogP contribution in [0.25, 0.3) is 5.69 Å². The molecule has 0 aliphatic rings. The molecule has 3 rings (SSSR count). The molecule has 1 atom stereocenters. The average Bonchev–Trinajstić information content (AvgIpc) is 3.26. The first-order valence-electron chi connectivity index (χ1n) is 10.1. The molecule has 2 amide bonds. The SMILES string of the molecule is CC(C)C(NC(=O)c1ccccc1Cl)C(=O)N/N=C\c1cccn1-c1cccc([N+](=O)[O-])c1. The van der Waals surface area contributed by atoms with Crippen molar-refractivity contribution < 1.29 is 14.5 Å². The lowest BCUT2D eigenvalue weighted by Crippen LogP contribution is -2.48. The van der Waals surface area contributed by atoms with E-state index in [1.807, 2.05) is 0 Å². The van der Waals surface area contributed by atoms with Gasteiger partial charge in [0.2, 0.25) is 0 Å². The van der Waals surface area contributed by atoms with E-state index in [-0.39, 0.29) is 22.2 Å². The number of hydrazone groups is 1. The Morgan fingerprint density at radius 1 is 1.12 bits per heavy atom. The standard InChI is InChI=1S/C23H22ClN5O4/c1-15(2)21(26-22(30)19-10-3-4-11-20(19)24)23(31)27-25-14-18-9-6-12-28(18)16-7-5-8-17(13-16)29(32)33/h3-15,21H,1-2H3,(H,26,30)(H,27,31)/b25-14-. The van der Waals surface area contributed by atoms with Gasteiger partial charge in [-0.2, -0.15) is 5.10 Å². The van der Waals surface area contributed by atoms with Gasteiger partial charge in [0.1, 0.15) is 6.04 Å². The number of carbonyl (C=O) groups excluding carboxylic acids is 2. The van der Waals surface area contributed by atoms with Crippen molar-refractivity contribution in [2.45, 2.75) is 19.9 Å². The normalized spacial score (nSPS) is 12.0. The first-order chi connectivity index (χ1) is 15.8. The van der Waals surface area contributed by atoms with Crippen LogP contribution in [0, 0.1) is 16.0 Å². The number of hydrogen-bond donors (Lipinski definition) is 2. The highest BCUT2D eigenvalue weighted by atomic mass is 35.5. The van der Waals surface area contributed by atoms with Crippen LogP contribution in [0.15, 0.2) is 72.0 Å². The molecule has 1 heterocycles. The molecule has 0 radical (unpaired) electrons. The summed E-state index contributed by atoms with van der Waals surface area (Å²) < 4.78 is 1.70. The van der Waals surface area contributed by atoms with Crippen LogP contribution in [0.2, 0.25) is 5.02 Å². The summed E-state index contributed by atoms with van der Waals surface area (Å²) >= 11 is 6.07. The van der Waals surface area contributed by atoms with Crippen LogP contribution >= 0.6 is 11.6 Å². The molecule has 3 aromatic rings. The molecule has 0 fully saturated rings. The number of aromatic nitrogens is 1. The third kappa shape index (κ3) is 5.83. The van der Waals surface area contributed by atoms with E-state index in [9.17, 15) is 19.7 Å². The van der Waals surface area contributed by atoms with Gasteiger partial charge >= 0.3 is 0 Å². The van der Waals surface area contributed by atoms with Gasteiger partial charge in [-0.05, 0) is 36.2 Å². The molecule has 10 heteroatoms. The summed E-state index contributed by atoms with van der Waals surface area (Å²) in [6, 6.07) is 15.4. The number of rotatable bonds is 8. The van der Waals surface area contributed by atoms with E-state index in [1.54, 1.807) is 73.1 Å². The highest BCUT2D eigenvalue weighted by Gasteiger charge is 2.25. The van der Waals surface area contributed by atoms with Crippen LogP contribution in [0.5, 0.6) is 0 Å². The molecule has 0 saturated carbocycles. The lowest BCUT2D eigenvalue weighted by Gasteiger charge is -2.20. The summed E-state index contributed by atoms with van der Waals surface area (Å²) in [5.74, 6) is -1.16. The van der Waals surface area contributed by atoms with Crippen molar-refractivity contribution >= 4 is 35.3 Å². The molecule has 0 aliphatic heterocycles. The van der Waals surface area contributed by atoms with Crippen molar-refractivity contribution in [3.05, 3.63) is 93.3 Å². The minimum atomic E-state index is -0.838. The van der Waals surface area contributed by atoms with Gasteiger partial charge in [-0.15, -0.1) is 0 Å². The number of nitrogens with zero attached hydrogens (tertiary/aromatic N) is 3. The first-order valence-corrected chi connectivity index (χ1v) is 10.5. The zero-order chi connectivity index (χ0) is 24.0. The monoisotopic (exact) mass is 467 g/mol. The van der Waals surface area contributed by atoms with E-state index >= 15 is 0 Å². The van der Waals surface area contributed by atoms with Gasteiger partial charge in [0.25, 0.3) is 17.5 Å². The van der Waals surface area contributed by atoms with Crippen molar-refractivity contribution in [1.29, 1.82) is 0 Å². The summed E-state index contributed by atoms with van der Waals surface area (Å²) in [7, 11) is 0. The maximum absolute atomic E-state index is 12.7. The molecule has 0 bridgehead atoms. The third-order valence-corrected chi connectivity index (χ3v) is 5.15. The minimum absolute atomic E-state index is 0.0357. The zero-order valence-corrected chi connectivity index (χ0v) is 18.7. The summed E-state index contributed by atoms with van der Waals surface area (Å²) in [5, 5.41) is 18.0. The Balaban J connectivity index is 1.71. The summed E-state index contributed by atoms with van der Waals surface area (Å²) in [6.07, 6.45) is 3.15. The van der Waals surface area contributed by atoms with E-state index in [0.717, 1.165) is 0 Å². The molecule has 9 nitrogen and oxygen atoms in total. The molecule has 1 unspecified atom stereocenters. The number of halogens is 1. The Kier molecular flexibility index (Phi) is 7.57. The highest BCUT2D eigenvalue weighted by Crippen LogP contribution is 2.18. The van der Waals surface area contributed by atoms with Crippen LogP contribution < -0.4 is 10.7 Å². The lowest BCUT2D eigenvalue weighted by atomic mass is 10.0. The van der Waals surface area contributed by atoms with Crippen molar-refractivity contribution in [2.75, 3.05) is 0 Å². The maximum Gasteiger partial charge on any atom is 0.271 e. The van der Waals surface area contributed by atoms with Gasteiger partial charge < -0.3 is 9.88 Å². The molecular formula is C23H22ClN5O4. The number of hydrogen-bond acceptors (Lipinski definition) is 5. The van der Waals surface area contributed by atoms with Gasteiger partial charge in [0.05, 0.1) is 33.1 Å². The van der Waals surface area contributed by atoms with E-state index in [4.69, 9.17) is 11.6 Å². The Morgan fingerprint density at radius 2 is 1.88 bits per heavy atom. The van der Waals surface area contributed by atoms with Crippen LogP contribution in [-0.4, -0.2) is 33.6 Å². The largest absolute Gasteiger partial charge is 0.340 e. The fourth-order valence-electron chi connectivity index (χ4n) is 3.12. The smallest absolute Gasteiger partial charge is 0.271 e. The predicted molar refractivity (Wildman–Crippen MR) is 126 cm³/mol. The van der Waals surface area contributed by atoms with E-state index in [1.165, 1.54) is 18.3 Å². The molecule has 0 spiro atoms. The number of amides is 2. The predicted octanol–water partition coefficient (Wildman–Crippen LogP) is 3.94. The quantitative estimate of drug-likeness (QED) is 0.296. The average molecular weight is 468 g/mol. The molecule has 33 heavy (non-hydrogen) atoms. The summed E-state index contributed by atoms with van der Waals surface area (Å²) in [5.41, 5.74) is 3.85. The van der Waals surface area contributed by atoms with Gasteiger partial charge in [-0.1, -0.05) is 43.6 Å². The number of nitro groups is 1. The van der Waals surface area contributed by atoms with Crippen LogP contribution in [-0.2, 0) is 4.79 Å². The molecule has 170 valence electrons. The number of benzene rings is 2. The van der Waals surface area contributed by atoms with E-state index in [2.05, 4.69) is 15.8 Å². The van der Waals surface area contributed by atoms with Gasteiger partial charge in [0, 0.05) is 18.3 Å². The maximum atomic E-state index is 12.7. The Bertz CT molecular complexity index is 1200. The van der Waals surface area contributed by atoms with Crippen LogP contribution in [0.4, 0.5) is 5.69 Å². The lowest BCUT2D eigenvalue weighted by molar-refractivity contribution is -0.384. The number of carbonyl (C=O) groups is 2. The van der Waals surface area contributed by atoms with Gasteiger partial charge in [-0.25, -0.2) is 5.43 Å².